The summed E-state index contributed by atoms with van der Waals surface area (Å²) in [4.78, 5) is 0. The minimum atomic E-state index is -0.972. The van der Waals surface area contributed by atoms with Gasteiger partial charge in [-0.3, -0.25) is 0 Å². The van der Waals surface area contributed by atoms with Crippen LogP contribution in [-0.4, -0.2) is 5.11 Å². The molecule has 1 N–H and O–H groups in total. The maximum absolute atomic E-state index is 13.1. The van der Waals surface area contributed by atoms with Crippen LogP contribution in [0.3, 0.4) is 0 Å². The Morgan fingerprint density at radius 2 is 2.14 bits per heavy atom. The summed E-state index contributed by atoms with van der Waals surface area (Å²) in [6.07, 6.45) is 1.45. The maximum atomic E-state index is 13.1. The van der Waals surface area contributed by atoms with Crippen LogP contribution in [0.15, 0.2) is 18.2 Å². The summed E-state index contributed by atoms with van der Waals surface area (Å²) in [6, 6.07) is 4.41. The highest BCUT2D eigenvalue weighted by molar-refractivity contribution is 6.30. The van der Waals surface area contributed by atoms with Gasteiger partial charge in [0.2, 0.25) is 0 Å². The molecule has 0 aliphatic heterocycles. The monoisotopic (exact) mass is 216 g/mol. The smallest absolute Gasteiger partial charge is 0.142 e. The van der Waals surface area contributed by atoms with Gasteiger partial charge in [-0.1, -0.05) is 31.0 Å². The number of aliphatic hydroxyl groups is 1. The van der Waals surface area contributed by atoms with E-state index in [9.17, 15) is 9.50 Å². The Hall–Kier alpha value is -0.600. The number of benzene rings is 1. The molecule has 0 aliphatic carbocycles. The second-order valence-electron chi connectivity index (χ2n) is 3.65. The van der Waals surface area contributed by atoms with Crippen LogP contribution in [0.5, 0.6) is 0 Å². The largest absolute Gasteiger partial charge is 0.385 e. The standard InChI is InChI=1S/C11H14ClFO/c1-3-6-11(2,14)8-4-5-9(12)10(13)7-8/h4-5,7,14H,3,6H2,1-2H3/t11-/m1/s1. The molecule has 1 atom stereocenters. The van der Waals surface area contributed by atoms with E-state index in [1.54, 1.807) is 13.0 Å². The topological polar surface area (TPSA) is 20.2 Å². The molecule has 78 valence electrons. The summed E-state index contributed by atoms with van der Waals surface area (Å²) in [5, 5.41) is 10.1. The molecule has 1 aromatic carbocycles. The van der Waals surface area contributed by atoms with Crippen LogP contribution in [-0.2, 0) is 5.60 Å². The van der Waals surface area contributed by atoms with Crippen molar-refractivity contribution in [3.05, 3.63) is 34.6 Å². The Kier molecular flexibility index (Phi) is 3.51. The van der Waals surface area contributed by atoms with Gasteiger partial charge in [-0.2, -0.15) is 0 Å². The van der Waals surface area contributed by atoms with Crippen molar-refractivity contribution in [3.63, 3.8) is 0 Å². The van der Waals surface area contributed by atoms with Crippen LogP contribution in [0.4, 0.5) is 4.39 Å². The molecule has 3 heteroatoms. The summed E-state index contributed by atoms with van der Waals surface area (Å²) >= 11 is 5.55. The molecular formula is C11H14ClFO. The van der Waals surface area contributed by atoms with Gasteiger partial charge in [0.1, 0.15) is 5.82 Å². The lowest BCUT2D eigenvalue weighted by atomic mass is 9.91. The molecule has 0 aliphatic rings. The first kappa shape index (κ1) is 11.5. The fourth-order valence-electron chi connectivity index (χ4n) is 1.46. The summed E-state index contributed by atoms with van der Waals surface area (Å²) in [7, 11) is 0. The van der Waals surface area contributed by atoms with Crippen LogP contribution in [0.2, 0.25) is 5.02 Å². The predicted molar refractivity (Wildman–Crippen MR) is 55.9 cm³/mol. The molecule has 0 radical (unpaired) electrons. The summed E-state index contributed by atoms with van der Waals surface area (Å²) in [5.74, 6) is -0.486. The highest BCUT2D eigenvalue weighted by Gasteiger charge is 2.22. The SMILES string of the molecule is CCC[C@@](C)(O)c1ccc(Cl)c(F)c1. The molecule has 0 saturated heterocycles. The van der Waals surface area contributed by atoms with E-state index in [2.05, 4.69) is 0 Å². The molecule has 0 unspecified atom stereocenters. The normalized spacial score (nSPS) is 15.2. The number of hydrogen-bond donors (Lipinski definition) is 1. The average molecular weight is 217 g/mol. The molecule has 0 fully saturated rings. The molecule has 1 nitrogen and oxygen atoms in total. The first-order valence-electron chi connectivity index (χ1n) is 4.65. The molecule has 0 bridgehead atoms. The highest BCUT2D eigenvalue weighted by atomic mass is 35.5. The van der Waals surface area contributed by atoms with Gasteiger partial charge in [0, 0.05) is 0 Å². The second kappa shape index (κ2) is 4.28. The Morgan fingerprint density at radius 3 is 2.64 bits per heavy atom. The van der Waals surface area contributed by atoms with Gasteiger partial charge in [-0.15, -0.1) is 0 Å². The molecule has 14 heavy (non-hydrogen) atoms. The third kappa shape index (κ3) is 2.46. The van der Waals surface area contributed by atoms with E-state index >= 15 is 0 Å². The van der Waals surface area contributed by atoms with Gasteiger partial charge in [0.25, 0.3) is 0 Å². The van der Waals surface area contributed by atoms with Gasteiger partial charge in [0.05, 0.1) is 10.6 Å². The van der Waals surface area contributed by atoms with E-state index < -0.39 is 11.4 Å². The van der Waals surface area contributed by atoms with Gasteiger partial charge in [-0.25, -0.2) is 4.39 Å². The molecule has 0 saturated carbocycles. The fourth-order valence-corrected chi connectivity index (χ4v) is 1.58. The van der Waals surface area contributed by atoms with E-state index in [4.69, 9.17) is 11.6 Å². The molecule has 0 aromatic heterocycles. The molecule has 0 spiro atoms. The first-order valence-corrected chi connectivity index (χ1v) is 5.03. The minimum absolute atomic E-state index is 0.0843. The van der Waals surface area contributed by atoms with Gasteiger partial charge < -0.3 is 5.11 Å². The van der Waals surface area contributed by atoms with Crippen LogP contribution in [0, 0.1) is 5.82 Å². The highest BCUT2D eigenvalue weighted by Crippen LogP contribution is 2.28. The number of halogens is 2. The zero-order valence-corrected chi connectivity index (χ0v) is 9.11. The zero-order valence-electron chi connectivity index (χ0n) is 8.35. The molecular weight excluding hydrogens is 203 g/mol. The van der Waals surface area contributed by atoms with Crippen LogP contribution in [0.25, 0.3) is 0 Å². The van der Waals surface area contributed by atoms with Gasteiger partial charge in [0.15, 0.2) is 0 Å². The van der Waals surface area contributed by atoms with Crippen molar-refractivity contribution in [3.8, 4) is 0 Å². The van der Waals surface area contributed by atoms with E-state index in [1.165, 1.54) is 12.1 Å². The number of rotatable bonds is 3. The van der Waals surface area contributed by atoms with Crippen molar-refractivity contribution >= 4 is 11.6 Å². The maximum Gasteiger partial charge on any atom is 0.142 e. The fraction of sp³-hybridized carbons (Fsp3) is 0.455. The van der Waals surface area contributed by atoms with Crippen molar-refractivity contribution in [1.29, 1.82) is 0 Å². The molecule has 0 amide bonds. The predicted octanol–water partition coefficient (Wildman–Crippen LogP) is 3.49. The van der Waals surface area contributed by atoms with E-state index in [-0.39, 0.29) is 5.02 Å². The van der Waals surface area contributed by atoms with Gasteiger partial charge >= 0.3 is 0 Å². The van der Waals surface area contributed by atoms with Gasteiger partial charge in [-0.05, 0) is 31.0 Å². The Labute approximate surface area is 88.5 Å². The van der Waals surface area contributed by atoms with Crippen LogP contribution in [0.1, 0.15) is 32.3 Å². The van der Waals surface area contributed by atoms with Crippen molar-refractivity contribution < 1.29 is 9.50 Å². The Balaban J connectivity index is 3.01. The van der Waals surface area contributed by atoms with Crippen molar-refractivity contribution in [2.24, 2.45) is 0 Å². The first-order chi connectivity index (χ1) is 6.47. The zero-order chi connectivity index (χ0) is 10.8. The van der Waals surface area contributed by atoms with Crippen molar-refractivity contribution in [1.82, 2.24) is 0 Å². The van der Waals surface area contributed by atoms with Crippen LogP contribution >= 0.6 is 11.6 Å². The lowest BCUT2D eigenvalue weighted by Crippen LogP contribution is -2.20. The third-order valence-electron chi connectivity index (χ3n) is 2.28. The average Bonchev–Trinajstić information content (AvgIpc) is 2.09. The van der Waals surface area contributed by atoms with E-state index in [0.717, 1.165) is 6.42 Å². The van der Waals surface area contributed by atoms with Crippen molar-refractivity contribution in [2.45, 2.75) is 32.3 Å². The minimum Gasteiger partial charge on any atom is -0.385 e. The van der Waals surface area contributed by atoms with E-state index in [1.807, 2.05) is 6.92 Å². The van der Waals surface area contributed by atoms with Crippen LogP contribution < -0.4 is 0 Å². The quantitative estimate of drug-likeness (QED) is 0.820. The van der Waals surface area contributed by atoms with Crippen molar-refractivity contribution in [2.75, 3.05) is 0 Å². The summed E-state index contributed by atoms with van der Waals surface area (Å²) < 4.78 is 13.1. The molecule has 1 aromatic rings. The molecule has 0 heterocycles. The van der Waals surface area contributed by atoms with E-state index in [0.29, 0.717) is 12.0 Å². The second-order valence-corrected chi connectivity index (χ2v) is 4.06. The summed E-state index contributed by atoms with van der Waals surface area (Å²) in [5.41, 5.74) is -0.401. The Morgan fingerprint density at radius 1 is 1.50 bits per heavy atom. The number of hydrogen-bond acceptors (Lipinski definition) is 1. The lowest BCUT2D eigenvalue weighted by Gasteiger charge is -2.23. The molecule has 1 rings (SSSR count). The summed E-state index contributed by atoms with van der Waals surface area (Å²) in [6.45, 7) is 3.65. The Bertz CT molecular complexity index is 323. The lowest BCUT2D eigenvalue weighted by molar-refractivity contribution is 0.0466. The third-order valence-corrected chi connectivity index (χ3v) is 2.58.